The number of anilines is 1. The first kappa shape index (κ1) is 15.4. The van der Waals surface area contributed by atoms with Gasteiger partial charge in [0, 0.05) is 24.4 Å². The predicted octanol–water partition coefficient (Wildman–Crippen LogP) is 3.24. The number of amides is 1. The summed E-state index contributed by atoms with van der Waals surface area (Å²) in [5.74, 6) is -3.84. The van der Waals surface area contributed by atoms with Gasteiger partial charge in [-0.15, -0.1) is 0 Å². The monoisotopic (exact) mass is 297 g/mol. The van der Waals surface area contributed by atoms with Gasteiger partial charge < -0.3 is 10.1 Å². The molecule has 1 fully saturated rings. The van der Waals surface area contributed by atoms with Crippen LogP contribution >= 0.6 is 0 Å². The Balaban J connectivity index is 1.98. The van der Waals surface area contributed by atoms with Gasteiger partial charge in [-0.2, -0.15) is 0 Å². The third kappa shape index (κ3) is 4.00. The fourth-order valence-corrected chi connectivity index (χ4v) is 2.39. The molecule has 0 radical (unpaired) electrons. The number of halogens is 2. The standard InChI is InChI=1S/C15H17F2NO3/c1-21-14(20)11-3-2-4-12(9-11)18-13(19)10-5-7-15(16,17)8-6-10/h2-4,9-10H,5-8H2,1H3,(H,18,19). The third-order valence-electron chi connectivity index (χ3n) is 3.64. The highest BCUT2D eigenvalue weighted by molar-refractivity contribution is 5.95. The Kier molecular flexibility index (Phi) is 4.55. The zero-order valence-electron chi connectivity index (χ0n) is 11.7. The summed E-state index contributed by atoms with van der Waals surface area (Å²) in [6.07, 6.45) is -0.161. The maximum atomic E-state index is 13.1. The van der Waals surface area contributed by atoms with Crippen LogP contribution in [0.2, 0.25) is 0 Å². The number of benzene rings is 1. The Bertz CT molecular complexity index is 535. The van der Waals surface area contributed by atoms with Gasteiger partial charge in [-0.05, 0) is 31.0 Å². The van der Waals surface area contributed by atoms with Crippen LogP contribution in [0.3, 0.4) is 0 Å². The van der Waals surface area contributed by atoms with Gasteiger partial charge in [0.05, 0.1) is 12.7 Å². The van der Waals surface area contributed by atoms with Crippen LogP contribution in [-0.4, -0.2) is 24.9 Å². The molecule has 1 aliphatic carbocycles. The minimum absolute atomic E-state index is 0.176. The molecule has 0 saturated heterocycles. The van der Waals surface area contributed by atoms with Crippen molar-refractivity contribution in [3.63, 3.8) is 0 Å². The normalized spacial score (nSPS) is 18.0. The third-order valence-corrected chi connectivity index (χ3v) is 3.64. The second-order valence-electron chi connectivity index (χ2n) is 5.19. The summed E-state index contributed by atoms with van der Waals surface area (Å²) >= 11 is 0. The van der Waals surface area contributed by atoms with Crippen LogP contribution in [0.5, 0.6) is 0 Å². The largest absolute Gasteiger partial charge is 0.465 e. The highest BCUT2D eigenvalue weighted by Gasteiger charge is 2.37. The topological polar surface area (TPSA) is 55.4 Å². The average Bonchev–Trinajstić information content (AvgIpc) is 2.46. The Morgan fingerprint density at radius 2 is 1.95 bits per heavy atom. The number of hydrogen-bond acceptors (Lipinski definition) is 3. The van der Waals surface area contributed by atoms with Gasteiger partial charge in [0.15, 0.2) is 0 Å². The fraction of sp³-hybridized carbons (Fsp3) is 0.467. The van der Waals surface area contributed by atoms with E-state index in [-0.39, 0.29) is 31.6 Å². The van der Waals surface area contributed by atoms with E-state index in [1.807, 2.05) is 0 Å². The van der Waals surface area contributed by atoms with E-state index in [1.54, 1.807) is 18.2 Å². The minimum Gasteiger partial charge on any atom is -0.465 e. The average molecular weight is 297 g/mol. The van der Waals surface area contributed by atoms with E-state index in [4.69, 9.17) is 0 Å². The molecule has 1 aromatic carbocycles. The van der Waals surface area contributed by atoms with Crippen LogP contribution in [0.25, 0.3) is 0 Å². The molecule has 1 saturated carbocycles. The highest BCUT2D eigenvalue weighted by Crippen LogP contribution is 2.36. The van der Waals surface area contributed by atoms with Crippen molar-refractivity contribution in [3.05, 3.63) is 29.8 Å². The predicted molar refractivity (Wildman–Crippen MR) is 73.3 cm³/mol. The number of ether oxygens (including phenoxy) is 1. The van der Waals surface area contributed by atoms with Gasteiger partial charge in [-0.25, -0.2) is 13.6 Å². The summed E-state index contributed by atoms with van der Waals surface area (Å²) in [4.78, 5) is 23.5. The SMILES string of the molecule is COC(=O)c1cccc(NC(=O)C2CCC(F)(F)CC2)c1. The van der Waals surface area contributed by atoms with Gasteiger partial charge in [0.2, 0.25) is 11.8 Å². The molecule has 0 spiro atoms. The van der Waals surface area contributed by atoms with E-state index in [0.717, 1.165) is 0 Å². The molecule has 4 nitrogen and oxygen atoms in total. The Labute approximate surface area is 121 Å². The van der Waals surface area contributed by atoms with Gasteiger partial charge in [-0.3, -0.25) is 4.79 Å². The van der Waals surface area contributed by atoms with E-state index >= 15 is 0 Å². The van der Waals surface area contributed by atoms with Crippen LogP contribution in [0.4, 0.5) is 14.5 Å². The molecule has 2 rings (SSSR count). The lowest BCUT2D eigenvalue weighted by Gasteiger charge is -2.27. The van der Waals surface area contributed by atoms with Crippen molar-refractivity contribution >= 4 is 17.6 Å². The summed E-state index contributed by atoms with van der Waals surface area (Å²) in [6.45, 7) is 0. The maximum absolute atomic E-state index is 13.1. The molecular formula is C15H17F2NO3. The van der Waals surface area contributed by atoms with E-state index in [2.05, 4.69) is 10.1 Å². The number of nitrogens with one attached hydrogen (secondary N) is 1. The van der Waals surface area contributed by atoms with Gasteiger partial charge in [0.1, 0.15) is 0 Å². The number of rotatable bonds is 3. The molecule has 1 amide bonds. The molecule has 0 heterocycles. The first-order valence-corrected chi connectivity index (χ1v) is 6.78. The molecule has 114 valence electrons. The first-order valence-electron chi connectivity index (χ1n) is 6.78. The Hall–Kier alpha value is -1.98. The van der Waals surface area contributed by atoms with Gasteiger partial charge in [0.25, 0.3) is 0 Å². The lowest BCUT2D eigenvalue weighted by Crippen LogP contribution is -2.31. The van der Waals surface area contributed by atoms with Crippen molar-refractivity contribution in [1.82, 2.24) is 0 Å². The van der Waals surface area contributed by atoms with Crippen LogP contribution < -0.4 is 5.32 Å². The second kappa shape index (κ2) is 6.20. The molecule has 6 heteroatoms. The van der Waals surface area contributed by atoms with Gasteiger partial charge in [-0.1, -0.05) is 6.07 Å². The maximum Gasteiger partial charge on any atom is 0.337 e. The quantitative estimate of drug-likeness (QED) is 0.871. The summed E-state index contributed by atoms with van der Waals surface area (Å²) in [5, 5.41) is 2.67. The van der Waals surface area contributed by atoms with E-state index in [0.29, 0.717) is 11.3 Å². The molecule has 1 N–H and O–H groups in total. The Morgan fingerprint density at radius 3 is 2.57 bits per heavy atom. The molecule has 0 atom stereocenters. The van der Waals surface area contributed by atoms with Gasteiger partial charge >= 0.3 is 5.97 Å². The van der Waals surface area contributed by atoms with Crippen LogP contribution in [-0.2, 0) is 9.53 Å². The van der Waals surface area contributed by atoms with E-state index < -0.39 is 17.8 Å². The summed E-state index contributed by atoms with van der Waals surface area (Å²) < 4.78 is 30.7. The van der Waals surface area contributed by atoms with Crippen molar-refractivity contribution < 1.29 is 23.1 Å². The molecule has 21 heavy (non-hydrogen) atoms. The van der Waals surface area contributed by atoms with E-state index in [1.165, 1.54) is 13.2 Å². The molecule has 0 unspecified atom stereocenters. The number of carbonyl (C=O) groups excluding carboxylic acids is 2. The molecular weight excluding hydrogens is 280 g/mol. The van der Waals surface area contributed by atoms with Crippen LogP contribution in [0, 0.1) is 5.92 Å². The Morgan fingerprint density at radius 1 is 1.29 bits per heavy atom. The zero-order chi connectivity index (χ0) is 15.5. The number of carbonyl (C=O) groups is 2. The zero-order valence-corrected chi connectivity index (χ0v) is 11.7. The van der Waals surface area contributed by atoms with Crippen LogP contribution in [0.1, 0.15) is 36.0 Å². The fourth-order valence-electron chi connectivity index (χ4n) is 2.39. The molecule has 0 aromatic heterocycles. The summed E-state index contributed by atoms with van der Waals surface area (Å²) in [7, 11) is 1.27. The lowest BCUT2D eigenvalue weighted by atomic mass is 9.86. The number of esters is 1. The molecule has 1 aromatic rings. The smallest absolute Gasteiger partial charge is 0.337 e. The molecule has 1 aliphatic rings. The van der Waals surface area contributed by atoms with E-state index in [9.17, 15) is 18.4 Å². The molecule has 0 bridgehead atoms. The minimum atomic E-state index is -2.65. The summed E-state index contributed by atoms with van der Waals surface area (Å²) in [6, 6.07) is 6.34. The van der Waals surface area contributed by atoms with Crippen molar-refractivity contribution in [2.45, 2.75) is 31.6 Å². The second-order valence-corrected chi connectivity index (χ2v) is 5.19. The number of hydrogen-bond donors (Lipinski definition) is 1. The van der Waals surface area contributed by atoms with Crippen LogP contribution in [0.15, 0.2) is 24.3 Å². The number of methoxy groups -OCH3 is 1. The summed E-state index contributed by atoms with van der Waals surface area (Å²) in [5.41, 5.74) is 0.783. The van der Waals surface area contributed by atoms with Crippen molar-refractivity contribution in [2.24, 2.45) is 5.92 Å². The van der Waals surface area contributed by atoms with Crippen molar-refractivity contribution in [3.8, 4) is 0 Å². The number of alkyl halides is 2. The highest BCUT2D eigenvalue weighted by atomic mass is 19.3. The first-order chi connectivity index (χ1) is 9.91. The molecule has 0 aliphatic heterocycles. The lowest BCUT2D eigenvalue weighted by molar-refractivity contribution is -0.124. The van der Waals surface area contributed by atoms with Crippen molar-refractivity contribution in [1.29, 1.82) is 0 Å². The van der Waals surface area contributed by atoms with Crippen molar-refractivity contribution in [2.75, 3.05) is 12.4 Å².